The summed E-state index contributed by atoms with van der Waals surface area (Å²) in [5.41, 5.74) is 3.50. The lowest BCUT2D eigenvalue weighted by molar-refractivity contribution is -0.178. The zero-order valence-electron chi connectivity index (χ0n) is 23.7. The van der Waals surface area contributed by atoms with Crippen LogP contribution in [0.5, 0.6) is 0 Å². The highest BCUT2D eigenvalue weighted by Crippen LogP contribution is 2.72. The number of hydrogen-bond donors (Lipinski definition) is 1. The molecule has 0 aromatic heterocycles. The number of piperazine rings is 1. The molecule has 3 aliphatic heterocycles. The molecule has 2 bridgehead atoms. The van der Waals surface area contributed by atoms with Crippen LogP contribution in [0.25, 0.3) is 0 Å². The zero-order valence-corrected chi connectivity index (χ0v) is 23.7. The van der Waals surface area contributed by atoms with Gasteiger partial charge in [0.1, 0.15) is 12.6 Å². The predicted octanol–water partition coefficient (Wildman–Crippen LogP) is 3.24. The SMILES string of the molecule is CC1(C)C(=O)N(C2CCC(=O)NC2=O)c2cccc(C34CC(N5CCN(C(=O)OCc6ccccc6)CC5)(C3)C4)c21. The second-order valence-corrected chi connectivity index (χ2v) is 13.0. The lowest BCUT2D eigenvalue weighted by atomic mass is 9.36. The van der Waals surface area contributed by atoms with Gasteiger partial charge in [0.25, 0.3) is 0 Å². The molecule has 8 rings (SSSR count). The molecule has 2 saturated heterocycles. The first-order valence-electron chi connectivity index (χ1n) is 14.7. The van der Waals surface area contributed by atoms with E-state index in [9.17, 15) is 19.2 Å². The van der Waals surface area contributed by atoms with E-state index in [1.54, 1.807) is 4.90 Å². The summed E-state index contributed by atoms with van der Waals surface area (Å²) in [7, 11) is 0. The lowest BCUT2D eigenvalue weighted by Crippen LogP contribution is -2.78. The van der Waals surface area contributed by atoms with Crippen LogP contribution < -0.4 is 10.2 Å². The standard InChI is InChI=1S/C32H36N4O5/c1-30(2)26-22(9-6-10-23(26)36(28(30)39)24-11-12-25(37)33-27(24)38)31-18-32(19-31,20-31)35-15-13-34(14-16-35)29(40)41-17-21-7-4-3-5-8-21/h3-10,24H,11-20H2,1-2H3,(H,33,37,38). The summed E-state index contributed by atoms with van der Waals surface area (Å²) in [6.45, 7) is 7.18. The Labute approximate surface area is 239 Å². The van der Waals surface area contributed by atoms with Crippen molar-refractivity contribution in [3.05, 3.63) is 65.2 Å². The van der Waals surface area contributed by atoms with Crippen molar-refractivity contribution in [1.29, 1.82) is 0 Å². The molecule has 3 heterocycles. The third-order valence-corrected chi connectivity index (χ3v) is 10.2. The summed E-state index contributed by atoms with van der Waals surface area (Å²) in [6.07, 6.45) is 3.44. The molecule has 1 unspecified atom stereocenters. The minimum absolute atomic E-state index is 0.0371. The molecule has 3 saturated carbocycles. The highest BCUT2D eigenvalue weighted by molar-refractivity contribution is 6.14. The first-order chi connectivity index (χ1) is 19.6. The van der Waals surface area contributed by atoms with Crippen molar-refractivity contribution in [2.45, 2.75) is 75.0 Å². The fourth-order valence-electron chi connectivity index (χ4n) is 8.12. The average molecular weight is 557 g/mol. The van der Waals surface area contributed by atoms with E-state index >= 15 is 0 Å². The molecule has 4 amide bonds. The van der Waals surface area contributed by atoms with Gasteiger partial charge in [0.2, 0.25) is 17.7 Å². The van der Waals surface area contributed by atoms with Crippen LogP contribution in [-0.4, -0.2) is 71.4 Å². The number of amides is 4. The van der Waals surface area contributed by atoms with E-state index in [1.807, 2.05) is 61.2 Å². The number of carbonyl (C=O) groups excluding carboxylic acids is 4. The summed E-state index contributed by atoms with van der Waals surface area (Å²) in [4.78, 5) is 56.9. The highest BCUT2D eigenvalue weighted by atomic mass is 16.6. The Kier molecular flexibility index (Phi) is 5.84. The maximum absolute atomic E-state index is 13.7. The van der Waals surface area contributed by atoms with Gasteiger partial charge in [-0.25, -0.2) is 4.79 Å². The van der Waals surface area contributed by atoms with Crippen molar-refractivity contribution in [2.75, 3.05) is 31.1 Å². The third kappa shape index (κ3) is 3.92. The Bertz CT molecular complexity index is 1430. The lowest BCUT2D eigenvalue weighted by Gasteiger charge is -2.75. The Balaban J connectivity index is 1.02. The molecule has 5 fully saturated rings. The van der Waals surface area contributed by atoms with Gasteiger partial charge in [-0.15, -0.1) is 0 Å². The minimum Gasteiger partial charge on any atom is -0.445 e. The number of carbonyl (C=O) groups is 4. The Hall–Kier alpha value is -3.72. The number of fused-ring (bicyclic) bond motifs is 1. The van der Waals surface area contributed by atoms with Gasteiger partial charge in [-0.2, -0.15) is 0 Å². The molecule has 2 aromatic carbocycles. The molecular weight excluding hydrogens is 520 g/mol. The topological polar surface area (TPSA) is 99.3 Å². The first-order valence-corrected chi connectivity index (χ1v) is 14.7. The quantitative estimate of drug-likeness (QED) is 0.568. The van der Waals surface area contributed by atoms with Gasteiger partial charge in [0, 0.05) is 49.2 Å². The van der Waals surface area contributed by atoms with E-state index < -0.39 is 17.4 Å². The Morgan fingerprint density at radius 3 is 2.34 bits per heavy atom. The van der Waals surface area contributed by atoms with Crippen molar-refractivity contribution in [2.24, 2.45) is 0 Å². The van der Waals surface area contributed by atoms with Crippen molar-refractivity contribution >= 4 is 29.5 Å². The van der Waals surface area contributed by atoms with E-state index in [0.29, 0.717) is 19.5 Å². The van der Waals surface area contributed by atoms with Gasteiger partial charge < -0.3 is 9.64 Å². The number of hydrogen-bond acceptors (Lipinski definition) is 6. The molecule has 3 aliphatic carbocycles. The molecule has 214 valence electrons. The first kappa shape index (κ1) is 26.2. The number of benzene rings is 2. The van der Waals surface area contributed by atoms with Gasteiger partial charge in [0.05, 0.1) is 5.41 Å². The fourth-order valence-corrected chi connectivity index (χ4v) is 8.12. The maximum Gasteiger partial charge on any atom is 0.410 e. The van der Waals surface area contributed by atoms with Gasteiger partial charge in [-0.05, 0) is 62.3 Å². The number of nitrogens with one attached hydrogen (secondary N) is 1. The molecule has 2 aromatic rings. The Morgan fingerprint density at radius 1 is 0.951 bits per heavy atom. The zero-order chi connectivity index (χ0) is 28.6. The number of piperidine rings is 1. The van der Waals surface area contributed by atoms with E-state index in [-0.39, 0.29) is 41.9 Å². The molecule has 1 atom stereocenters. The smallest absolute Gasteiger partial charge is 0.410 e. The molecule has 41 heavy (non-hydrogen) atoms. The molecular formula is C32H36N4O5. The number of nitrogens with zero attached hydrogens (tertiary/aromatic N) is 3. The highest BCUT2D eigenvalue weighted by Gasteiger charge is 2.71. The van der Waals surface area contributed by atoms with E-state index in [1.165, 1.54) is 5.56 Å². The van der Waals surface area contributed by atoms with Crippen LogP contribution in [0.1, 0.15) is 62.6 Å². The van der Waals surface area contributed by atoms with Crippen LogP contribution in [0.4, 0.5) is 10.5 Å². The summed E-state index contributed by atoms with van der Waals surface area (Å²) in [6, 6.07) is 15.2. The van der Waals surface area contributed by atoms with Gasteiger partial charge >= 0.3 is 6.09 Å². The van der Waals surface area contributed by atoms with Crippen LogP contribution in [0, 0.1) is 0 Å². The summed E-state index contributed by atoms with van der Waals surface area (Å²) in [5.74, 6) is -0.752. The van der Waals surface area contributed by atoms with Gasteiger partial charge in [-0.1, -0.05) is 42.5 Å². The fraction of sp³-hybridized carbons (Fsp3) is 0.500. The van der Waals surface area contributed by atoms with Crippen molar-refractivity contribution < 1.29 is 23.9 Å². The maximum atomic E-state index is 13.7. The molecule has 9 nitrogen and oxygen atoms in total. The van der Waals surface area contributed by atoms with Gasteiger partial charge in [-0.3, -0.25) is 29.5 Å². The van der Waals surface area contributed by atoms with Gasteiger partial charge in [0.15, 0.2) is 0 Å². The summed E-state index contributed by atoms with van der Waals surface area (Å²) in [5, 5.41) is 2.42. The predicted molar refractivity (Wildman–Crippen MR) is 151 cm³/mol. The third-order valence-electron chi connectivity index (χ3n) is 10.2. The van der Waals surface area contributed by atoms with E-state index in [4.69, 9.17) is 4.74 Å². The normalized spacial score (nSPS) is 30.3. The largest absolute Gasteiger partial charge is 0.445 e. The Morgan fingerprint density at radius 2 is 1.66 bits per heavy atom. The van der Waals surface area contributed by atoms with Crippen LogP contribution in [0.3, 0.4) is 0 Å². The van der Waals surface area contributed by atoms with E-state index in [0.717, 1.165) is 49.2 Å². The van der Waals surface area contributed by atoms with Crippen molar-refractivity contribution in [1.82, 2.24) is 15.1 Å². The molecule has 0 radical (unpaired) electrons. The molecule has 6 aliphatic rings. The molecule has 0 spiro atoms. The summed E-state index contributed by atoms with van der Waals surface area (Å²) >= 11 is 0. The van der Waals surface area contributed by atoms with Crippen LogP contribution >= 0.6 is 0 Å². The summed E-state index contributed by atoms with van der Waals surface area (Å²) < 4.78 is 5.54. The average Bonchev–Trinajstić information content (AvgIpc) is 3.12. The second kappa shape index (κ2) is 9.14. The number of anilines is 1. The van der Waals surface area contributed by atoms with Crippen LogP contribution in [0.2, 0.25) is 0 Å². The minimum atomic E-state index is -0.748. The number of imide groups is 1. The molecule has 9 heteroatoms. The number of ether oxygens (including phenoxy) is 1. The van der Waals surface area contributed by atoms with Crippen molar-refractivity contribution in [3.8, 4) is 0 Å². The number of rotatable bonds is 5. The van der Waals surface area contributed by atoms with E-state index in [2.05, 4.69) is 16.3 Å². The monoisotopic (exact) mass is 556 g/mol. The second-order valence-electron chi connectivity index (χ2n) is 13.0. The van der Waals surface area contributed by atoms with Crippen LogP contribution in [-0.2, 0) is 36.6 Å². The van der Waals surface area contributed by atoms with Crippen LogP contribution in [0.15, 0.2) is 48.5 Å². The molecule has 1 N–H and O–H groups in total. The van der Waals surface area contributed by atoms with Crippen molar-refractivity contribution in [3.63, 3.8) is 0 Å².